The minimum atomic E-state index is 0.186. The summed E-state index contributed by atoms with van der Waals surface area (Å²) in [6.07, 6.45) is 1.61. The molecule has 0 unspecified atom stereocenters. The molecule has 0 saturated carbocycles. The molecule has 0 aliphatic rings. The number of aromatic nitrogens is 2. The molecule has 0 radical (unpaired) electrons. The standard InChI is InChI=1S/C15H17BrN2/c1-15(2,3)12-6-4-11(5-7-12)14-8-13(9-16)17-10-18-14/h4-8,10H,9H2,1-3H3. The van der Waals surface area contributed by atoms with Crippen molar-refractivity contribution in [1.82, 2.24) is 9.97 Å². The maximum Gasteiger partial charge on any atom is 0.116 e. The molecule has 0 N–H and O–H groups in total. The zero-order chi connectivity index (χ0) is 13.2. The molecule has 1 aromatic carbocycles. The Morgan fingerprint density at radius 1 is 1.06 bits per heavy atom. The van der Waals surface area contributed by atoms with Gasteiger partial charge in [-0.15, -0.1) is 0 Å². The number of halogens is 1. The average molecular weight is 305 g/mol. The summed E-state index contributed by atoms with van der Waals surface area (Å²) in [6, 6.07) is 10.6. The van der Waals surface area contributed by atoms with E-state index < -0.39 is 0 Å². The second kappa shape index (κ2) is 5.19. The minimum absolute atomic E-state index is 0.186. The van der Waals surface area contributed by atoms with Crippen molar-refractivity contribution in [3.05, 3.63) is 47.9 Å². The Morgan fingerprint density at radius 2 is 1.72 bits per heavy atom. The molecule has 0 aliphatic heterocycles. The van der Waals surface area contributed by atoms with E-state index in [1.54, 1.807) is 6.33 Å². The fraction of sp³-hybridized carbons (Fsp3) is 0.333. The van der Waals surface area contributed by atoms with Crippen LogP contribution in [0.1, 0.15) is 32.0 Å². The van der Waals surface area contributed by atoms with Crippen molar-refractivity contribution in [2.24, 2.45) is 0 Å². The first-order valence-corrected chi connectivity index (χ1v) is 7.10. The minimum Gasteiger partial charge on any atom is -0.240 e. The van der Waals surface area contributed by atoms with Gasteiger partial charge in [0.25, 0.3) is 0 Å². The molecule has 0 aliphatic carbocycles. The molecule has 18 heavy (non-hydrogen) atoms. The van der Waals surface area contributed by atoms with E-state index in [0.29, 0.717) is 0 Å². The predicted molar refractivity (Wildman–Crippen MR) is 78.8 cm³/mol. The Balaban J connectivity index is 2.34. The van der Waals surface area contributed by atoms with Gasteiger partial charge >= 0.3 is 0 Å². The van der Waals surface area contributed by atoms with Gasteiger partial charge in [-0.2, -0.15) is 0 Å². The van der Waals surface area contributed by atoms with Crippen LogP contribution in [-0.4, -0.2) is 9.97 Å². The van der Waals surface area contributed by atoms with Crippen molar-refractivity contribution in [2.45, 2.75) is 31.5 Å². The number of hydrogen-bond acceptors (Lipinski definition) is 2. The average Bonchev–Trinajstić information content (AvgIpc) is 2.38. The zero-order valence-corrected chi connectivity index (χ0v) is 12.5. The highest BCUT2D eigenvalue weighted by Crippen LogP contribution is 2.25. The first kappa shape index (κ1) is 13.2. The second-order valence-corrected chi connectivity index (χ2v) is 5.92. The topological polar surface area (TPSA) is 25.8 Å². The van der Waals surface area contributed by atoms with Crippen molar-refractivity contribution in [1.29, 1.82) is 0 Å². The lowest BCUT2D eigenvalue weighted by atomic mass is 9.86. The molecule has 3 heteroatoms. The fourth-order valence-corrected chi connectivity index (χ4v) is 2.08. The van der Waals surface area contributed by atoms with Gasteiger partial charge in [0.15, 0.2) is 0 Å². The van der Waals surface area contributed by atoms with Gasteiger partial charge in [-0.25, -0.2) is 9.97 Å². The molecule has 94 valence electrons. The normalized spacial score (nSPS) is 11.6. The van der Waals surface area contributed by atoms with E-state index in [9.17, 15) is 0 Å². The predicted octanol–water partition coefficient (Wildman–Crippen LogP) is 4.34. The molecule has 0 amide bonds. The largest absolute Gasteiger partial charge is 0.240 e. The highest BCUT2D eigenvalue weighted by Gasteiger charge is 2.13. The van der Waals surface area contributed by atoms with Gasteiger partial charge in [0, 0.05) is 10.9 Å². The van der Waals surface area contributed by atoms with Gasteiger partial charge in [-0.05, 0) is 17.0 Å². The zero-order valence-electron chi connectivity index (χ0n) is 10.9. The Labute approximate surface area is 117 Å². The first-order chi connectivity index (χ1) is 8.50. The molecule has 2 nitrogen and oxygen atoms in total. The van der Waals surface area contributed by atoms with Crippen molar-refractivity contribution < 1.29 is 0 Å². The first-order valence-electron chi connectivity index (χ1n) is 5.98. The molecule has 1 heterocycles. The van der Waals surface area contributed by atoms with E-state index in [1.165, 1.54) is 5.56 Å². The lowest BCUT2D eigenvalue weighted by Crippen LogP contribution is -2.10. The summed E-state index contributed by atoms with van der Waals surface area (Å²) in [5, 5.41) is 0.753. The van der Waals surface area contributed by atoms with Crippen LogP contribution in [0.2, 0.25) is 0 Å². The summed E-state index contributed by atoms with van der Waals surface area (Å²) in [4.78, 5) is 8.50. The lowest BCUT2D eigenvalue weighted by Gasteiger charge is -2.19. The van der Waals surface area contributed by atoms with Crippen molar-refractivity contribution >= 4 is 15.9 Å². The fourth-order valence-electron chi connectivity index (χ4n) is 1.77. The Hall–Kier alpha value is -1.22. The van der Waals surface area contributed by atoms with Crippen LogP contribution in [0, 0.1) is 0 Å². The maximum absolute atomic E-state index is 4.32. The lowest BCUT2D eigenvalue weighted by molar-refractivity contribution is 0.590. The van der Waals surface area contributed by atoms with Crippen LogP contribution >= 0.6 is 15.9 Å². The van der Waals surface area contributed by atoms with Crippen LogP contribution in [0.25, 0.3) is 11.3 Å². The molecule has 2 rings (SSSR count). The highest BCUT2D eigenvalue weighted by molar-refractivity contribution is 9.08. The highest BCUT2D eigenvalue weighted by atomic mass is 79.9. The summed E-state index contributed by atoms with van der Waals surface area (Å²) in [5.74, 6) is 0. The number of hydrogen-bond donors (Lipinski definition) is 0. The Morgan fingerprint density at radius 3 is 2.28 bits per heavy atom. The molecule has 2 aromatic rings. The van der Waals surface area contributed by atoms with Gasteiger partial charge in [-0.3, -0.25) is 0 Å². The molecule has 1 aromatic heterocycles. The monoisotopic (exact) mass is 304 g/mol. The second-order valence-electron chi connectivity index (χ2n) is 5.36. The molecule has 0 atom stereocenters. The molecule has 0 spiro atoms. The number of nitrogens with zero attached hydrogens (tertiary/aromatic N) is 2. The van der Waals surface area contributed by atoms with Crippen LogP contribution in [0.15, 0.2) is 36.7 Å². The number of alkyl halides is 1. The molecule has 0 bridgehead atoms. The van der Waals surface area contributed by atoms with Gasteiger partial charge in [0.2, 0.25) is 0 Å². The van der Waals surface area contributed by atoms with Crippen molar-refractivity contribution in [3.8, 4) is 11.3 Å². The van der Waals surface area contributed by atoms with E-state index >= 15 is 0 Å². The van der Waals surface area contributed by atoms with Crippen LogP contribution in [-0.2, 0) is 10.7 Å². The Bertz CT molecular complexity index is 527. The Kier molecular flexibility index (Phi) is 3.81. The maximum atomic E-state index is 4.32. The molecule has 0 fully saturated rings. The summed E-state index contributed by atoms with van der Waals surface area (Å²) in [6.45, 7) is 6.65. The number of benzene rings is 1. The van der Waals surface area contributed by atoms with Gasteiger partial charge in [-0.1, -0.05) is 61.0 Å². The van der Waals surface area contributed by atoms with E-state index in [2.05, 4.69) is 70.9 Å². The van der Waals surface area contributed by atoms with Gasteiger partial charge in [0.1, 0.15) is 6.33 Å². The number of rotatable bonds is 2. The van der Waals surface area contributed by atoms with Gasteiger partial charge < -0.3 is 0 Å². The third kappa shape index (κ3) is 2.96. The van der Waals surface area contributed by atoms with Crippen molar-refractivity contribution in [2.75, 3.05) is 0 Å². The summed E-state index contributed by atoms with van der Waals surface area (Å²) >= 11 is 3.41. The summed E-state index contributed by atoms with van der Waals surface area (Å²) in [7, 11) is 0. The summed E-state index contributed by atoms with van der Waals surface area (Å²) in [5.41, 5.74) is 4.62. The van der Waals surface area contributed by atoms with E-state index in [1.807, 2.05) is 6.07 Å². The molecular formula is C15H17BrN2. The third-order valence-corrected chi connectivity index (χ3v) is 3.48. The van der Waals surface area contributed by atoms with Crippen LogP contribution < -0.4 is 0 Å². The van der Waals surface area contributed by atoms with Gasteiger partial charge in [0.05, 0.1) is 11.4 Å². The van der Waals surface area contributed by atoms with E-state index in [-0.39, 0.29) is 5.41 Å². The molecular weight excluding hydrogens is 288 g/mol. The quantitative estimate of drug-likeness (QED) is 0.772. The van der Waals surface area contributed by atoms with E-state index in [0.717, 1.165) is 22.3 Å². The van der Waals surface area contributed by atoms with Crippen LogP contribution in [0.4, 0.5) is 0 Å². The van der Waals surface area contributed by atoms with Crippen LogP contribution in [0.3, 0.4) is 0 Å². The van der Waals surface area contributed by atoms with Crippen LogP contribution in [0.5, 0.6) is 0 Å². The molecule has 0 saturated heterocycles. The third-order valence-electron chi connectivity index (χ3n) is 2.91. The smallest absolute Gasteiger partial charge is 0.116 e. The SMILES string of the molecule is CC(C)(C)c1ccc(-c2cc(CBr)ncn2)cc1. The van der Waals surface area contributed by atoms with Crippen molar-refractivity contribution in [3.63, 3.8) is 0 Å². The summed E-state index contributed by atoms with van der Waals surface area (Å²) < 4.78 is 0. The van der Waals surface area contributed by atoms with E-state index in [4.69, 9.17) is 0 Å².